The number of likely N-dealkylation sites (tertiary alicyclic amines) is 1. The van der Waals surface area contributed by atoms with Crippen molar-refractivity contribution >= 4 is 5.91 Å². The van der Waals surface area contributed by atoms with E-state index in [4.69, 9.17) is 0 Å². The van der Waals surface area contributed by atoms with Gasteiger partial charge in [0.15, 0.2) is 0 Å². The fourth-order valence-corrected chi connectivity index (χ4v) is 2.92. The smallest absolute Gasteiger partial charge is 0.233 e. The number of hydrogen-bond donors (Lipinski definition) is 1. The lowest BCUT2D eigenvalue weighted by molar-refractivity contribution is -0.133. The molecule has 0 aromatic heterocycles. The highest BCUT2D eigenvalue weighted by Crippen LogP contribution is 2.50. The van der Waals surface area contributed by atoms with Crippen molar-refractivity contribution in [1.29, 1.82) is 0 Å². The van der Waals surface area contributed by atoms with Gasteiger partial charge in [-0.2, -0.15) is 0 Å². The number of carbonyl (C=O) groups is 1. The molecule has 1 aliphatic heterocycles. The van der Waals surface area contributed by atoms with Crippen LogP contribution >= 0.6 is 0 Å². The summed E-state index contributed by atoms with van der Waals surface area (Å²) in [6.45, 7) is 3.27. The van der Waals surface area contributed by atoms with Gasteiger partial charge in [-0.1, -0.05) is 29.8 Å². The molecule has 1 aromatic carbocycles. The van der Waals surface area contributed by atoms with Gasteiger partial charge >= 0.3 is 0 Å². The summed E-state index contributed by atoms with van der Waals surface area (Å²) in [7, 11) is 0. The highest BCUT2D eigenvalue weighted by atomic mass is 16.3. The Labute approximate surface area is 107 Å². The molecule has 96 valence electrons. The van der Waals surface area contributed by atoms with Crippen LogP contribution in [0.4, 0.5) is 0 Å². The number of β-amino-alcohol motifs (C(OH)–C–C–N with tert-alkyl or cyclic N) is 1. The third-order valence-electron chi connectivity index (χ3n) is 4.18. The minimum atomic E-state index is -0.331. The van der Waals surface area contributed by atoms with E-state index in [1.165, 1.54) is 5.56 Å². The zero-order chi connectivity index (χ0) is 12.8. The second-order valence-corrected chi connectivity index (χ2v) is 5.65. The van der Waals surface area contributed by atoms with Crippen LogP contribution in [0, 0.1) is 6.92 Å². The fourth-order valence-electron chi connectivity index (χ4n) is 2.92. The lowest BCUT2D eigenvalue weighted by atomic mass is 9.93. The molecule has 1 aliphatic carbocycles. The van der Waals surface area contributed by atoms with Crippen molar-refractivity contribution in [2.75, 3.05) is 13.1 Å². The Hall–Kier alpha value is -1.35. The van der Waals surface area contributed by atoms with Gasteiger partial charge < -0.3 is 10.0 Å². The van der Waals surface area contributed by atoms with E-state index in [1.807, 2.05) is 11.0 Å². The monoisotopic (exact) mass is 245 g/mol. The lowest BCUT2D eigenvalue weighted by Crippen LogP contribution is -2.38. The molecule has 1 heterocycles. The molecule has 0 bridgehead atoms. The van der Waals surface area contributed by atoms with Crippen molar-refractivity contribution in [2.24, 2.45) is 0 Å². The Kier molecular flexibility index (Phi) is 2.67. The maximum absolute atomic E-state index is 12.6. The molecule has 0 spiro atoms. The van der Waals surface area contributed by atoms with E-state index in [1.54, 1.807) is 0 Å². The van der Waals surface area contributed by atoms with Gasteiger partial charge in [0.05, 0.1) is 11.5 Å². The van der Waals surface area contributed by atoms with Gasteiger partial charge in [-0.3, -0.25) is 4.79 Å². The molecule has 1 atom stereocenters. The molecule has 3 heteroatoms. The number of rotatable bonds is 2. The summed E-state index contributed by atoms with van der Waals surface area (Å²) >= 11 is 0. The van der Waals surface area contributed by atoms with E-state index in [2.05, 4.69) is 25.1 Å². The molecule has 3 nitrogen and oxygen atoms in total. The summed E-state index contributed by atoms with van der Waals surface area (Å²) < 4.78 is 0. The number of aliphatic hydroxyl groups is 1. The third kappa shape index (κ3) is 1.83. The molecular weight excluding hydrogens is 226 g/mol. The number of nitrogens with zero attached hydrogens (tertiary/aromatic N) is 1. The van der Waals surface area contributed by atoms with Gasteiger partial charge in [-0.25, -0.2) is 0 Å². The van der Waals surface area contributed by atoms with Crippen molar-refractivity contribution in [3.05, 3.63) is 35.4 Å². The maximum Gasteiger partial charge on any atom is 0.233 e. The number of aryl methyl sites for hydroxylation is 1. The summed E-state index contributed by atoms with van der Waals surface area (Å²) in [6.07, 6.45) is 2.28. The van der Waals surface area contributed by atoms with Crippen LogP contribution in [-0.4, -0.2) is 35.1 Å². The van der Waals surface area contributed by atoms with Crippen LogP contribution < -0.4 is 0 Å². The Morgan fingerprint density at radius 2 is 2.22 bits per heavy atom. The van der Waals surface area contributed by atoms with E-state index in [0.29, 0.717) is 13.1 Å². The first-order valence-electron chi connectivity index (χ1n) is 6.66. The molecule has 1 amide bonds. The molecule has 1 saturated carbocycles. The molecule has 0 unspecified atom stereocenters. The molecule has 1 N–H and O–H groups in total. The Morgan fingerprint density at radius 3 is 2.78 bits per heavy atom. The highest BCUT2D eigenvalue weighted by molar-refractivity contribution is 5.91. The number of aliphatic hydroxyl groups excluding tert-OH is 1. The largest absolute Gasteiger partial charge is 0.391 e. The quantitative estimate of drug-likeness (QED) is 0.860. The summed E-state index contributed by atoms with van der Waals surface area (Å²) in [5, 5.41) is 9.56. The third-order valence-corrected chi connectivity index (χ3v) is 4.18. The SMILES string of the molecule is Cc1cccc(C2(C(=O)N3CC[C@H](O)C3)CC2)c1. The van der Waals surface area contributed by atoms with E-state index in [0.717, 1.165) is 24.8 Å². The first-order chi connectivity index (χ1) is 8.62. The number of amides is 1. The molecule has 2 fully saturated rings. The molecule has 3 rings (SSSR count). The highest BCUT2D eigenvalue weighted by Gasteiger charge is 2.53. The topological polar surface area (TPSA) is 40.5 Å². The first kappa shape index (κ1) is 11.7. The molecule has 2 aliphatic rings. The van der Waals surface area contributed by atoms with Crippen molar-refractivity contribution in [1.82, 2.24) is 4.90 Å². The molecule has 1 saturated heterocycles. The lowest BCUT2D eigenvalue weighted by Gasteiger charge is -2.23. The van der Waals surface area contributed by atoms with Gasteiger partial charge in [-0.15, -0.1) is 0 Å². The molecule has 0 radical (unpaired) electrons. The van der Waals surface area contributed by atoms with Crippen LogP contribution in [0.5, 0.6) is 0 Å². The molecule has 1 aromatic rings. The van der Waals surface area contributed by atoms with Gasteiger partial charge in [0.1, 0.15) is 0 Å². The second-order valence-electron chi connectivity index (χ2n) is 5.65. The maximum atomic E-state index is 12.6. The van der Waals surface area contributed by atoms with E-state index < -0.39 is 0 Å². The summed E-state index contributed by atoms with van der Waals surface area (Å²) in [5.41, 5.74) is 2.07. The predicted octanol–water partition coefficient (Wildman–Crippen LogP) is 1.62. The average molecular weight is 245 g/mol. The summed E-state index contributed by atoms with van der Waals surface area (Å²) in [6, 6.07) is 8.27. The van der Waals surface area contributed by atoms with Gasteiger partial charge in [0.2, 0.25) is 5.91 Å². The summed E-state index contributed by atoms with van der Waals surface area (Å²) in [4.78, 5) is 14.4. The van der Waals surface area contributed by atoms with Crippen LogP contribution in [0.2, 0.25) is 0 Å². The van der Waals surface area contributed by atoms with Gasteiger partial charge in [0.25, 0.3) is 0 Å². The number of hydrogen-bond acceptors (Lipinski definition) is 2. The molecule has 18 heavy (non-hydrogen) atoms. The van der Waals surface area contributed by atoms with Crippen LogP contribution in [0.3, 0.4) is 0 Å². The van der Waals surface area contributed by atoms with E-state index in [9.17, 15) is 9.90 Å². The van der Waals surface area contributed by atoms with Crippen LogP contribution in [-0.2, 0) is 10.2 Å². The van der Waals surface area contributed by atoms with E-state index >= 15 is 0 Å². The minimum Gasteiger partial charge on any atom is -0.391 e. The van der Waals surface area contributed by atoms with Crippen LogP contribution in [0.15, 0.2) is 24.3 Å². The fraction of sp³-hybridized carbons (Fsp3) is 0.533. The number of benzene rings is 1. The Balaban J connectivity index is 1.85. The zero-order valence-corrected chi connectivity index (χ0v) is 10.7. The van der Waals surface area contributed by atoms with Crippen molar-refractivity contribution in [2.45, 2.75) is 37.7 Å². The van der Waals surface area contributed by atoms with Crippen molar-refractivity contribution in [3.8, 4) is 0 Å². The zero-order valence-electron chi connectivity index (χ0n) is 10.7. The minimum absolute atomic E-state index is 0.213. The van der Waals surface area contributed by atoms with Gasteiger partial charge in [0, 0.05) is 13.1 Å². The molecular formula is C15H19NO2. The first-order valence-corrected chi connectivity index (χ1v) is 6.66. The average Bonchev–Trinajstić information content (AvgIpc) is 3.06. The standard InChI is InChI=1S/C15H19NO2/c1-11-3-2-4-12(9-11)15(6-7-15)14(18)16-8-5-13(17)10-16/h2-4,9,13,17H,5-8,10H2,1H3/t13-/m0/s1. The van der Waals surface area contributed by atoms with Crippen molar-refractivity contribution < 1.29 is 9.90 Å². The van der Waals surface area contributed by atoms with Crippen LogP contribution in [0.25, 0.3) is 0 Å². The second kappa shape index (κ2) is 4.09. The normalized spacial score (nSPS) is 25.2. The Bertz CT molecular complexity index is 479. The van der Waals surface area contributed by atoms with E-state index in [-0.39, 0.29) is 17.4 Å². The Morgan fingerprint density at radius 1 is 1.44 bits per heavy atom. The number of carbonyl (C=O) groups excluding carboxylic acids is 1. The van der Waals surface area contributed by atoms with Gasteiger partial charge in [-0.05, 0) is 31.7 Å². The predicted molar refractivity (Wildman–Crippen MR) is 69.3 cm³/mol. The van der Waals surface area contributed by atoms with Crippen LogP contribution in [0.1, 0.15) is 30.4 Å². The summed E-state index contributed by atoms with van der Waals surface area (Å²) in [5.74, 6) is 0.213. The van der Waals surface area contributed by atoms with Crippen molar-refractivity contribution in [3.63, 3.8) is 0 Å².